The highest BCUT2D eigenvalue weighted by atomic mass is 16.7. The average molecular weight is 523 g/mol. The molecule has 8 nitrogen and oxygen atoms in total. The lowest BCUT2D eigenvalue weighted by Gasteiger charge is -2.68. The van der Waals surface area contributed by atoms with Gasteiger partial charge in [0, 0.05) is 36.0 Å². The van der Waals surface area contributed by atoms with Crippen molar-refractivity contribution in [2.75, 3.05) is 19.8 Å². The average Bonchev–Trinajstić information content (AvgIpc) is 3.07. The maximum Gasteiger partial charge on any atom is 0.303 e. The first-order chi connectivity index (χ1) is 17.0. The minimum absolute atomic E-state index is 0.0230. The van der Waals surface area contributed by atoms with Crippen LogP contribution in [0.2, 0.25) is 0 Å². The standard InChI is InChI=1S/C29H46O8/c1-17-11-19-20-7-8-28(33,22(32)13-35-18(2)30)26(20,6)12-21(31)23(19)25(5)9-10-27(14-29(17,25)34)36-15-24(3,4)16-37-27/h17,19-21,23,31,33-34H,7-16H2,1-6H3/t17-,19-,20-,21-,23+,25+,26-,28-,29-/m0/s1. The van der Waals surface area contributed by atoms with Crippen molar-refractivity contribution in [3.8, 4) is 0 Å². The monoisotopic (exact) mass is 522 g/mol. The fourth-order valence-corrected chi connectivity index (χ4v) is 9.48. The van der Waals surface area contributed by atoms with Gasteiger partial charge < -0.3 is 29.5 Å². The molecule has 3 N–H and O–H groups in total. The lowest BCUT2D eigenvalue weighted by molar-refractivity contribution is -0.365. The topological polar surface area (TPSA) is 123 Å². The third-order valence-electron chi connectivity index (χ3n) is 11.7. The number of ether oxygens (including phenoxy) is 3. The number of aliphatic hydroxyl groups excluding tert-OH is 1. The third-order valence-corrected chi connectivity index (χ3v) is 11.7. The Hall–Kier alpha value is -1.06. The van der Waals surface area contributed by atoms with Crippen LogP contribution in [0.25, 0.3) is 0 Å². The van der Waals surface area contributed by atoms with E-state index in [-0.39, 0.29) is 35.5 Å². The van der Waals surface area contributed by atoms with E-state index in [1.807, 2.05) is 6.92 Å². The summed E-state index contributed by atoms with van der Waals surface area (Å²) in [7, 11) is 0. The fraction of sp³-hybridized carbons (Fsp3) is 0.931. The zero-order valence-electron chi connectivity index (χ0n) is 23.3. The number of rotatable bonds is 3. The Morgan fingerprint density at radius 1 is 1.00 bits per heavy atom. The third kappa shape index (κ3) is 3.80. The maximum atomic E-state index is 13.1. The van der Waals surface area contributed by atoms with E-state index < -0.39 is 52.3 Å². The van der Waals surface area contributed by atoms with Crippen LogP contribution in [0.4, 0.5) is 0 Å². The predicted octanol–water partition coefficient (Wildman–Crippen LogP) is 2.99. The summed E-state index contributed by atoms with van der Waals surface area (Å²) in [6, 6.07) is 0. The summed E-state index contributed by atoms with van der Waals surface area (Å²) in [5.41, 5.74) is -4.15. The molecule has 1 saturated heterocycles. The second-order valence-corrected chi connectivity index (χ2v) is 14.4. The molecule has 0 aromatic rings. The van der Waals surface area contributed by atoms with Gasteiger partial charge in [0.1, 0.15) is 5.60 Å². The normalized spacial score (nSPS) is 50.0. The van der Waals surface area contributed by atoms with Crippen LogP contribution >= 0.6 is 0 Å². The number of fused-ring (bicyclic) bond motifs is 5. The molecule has 5 fully saturated rings. The molecular formula is C29H46O8. The number of ketones is 1. The fourth-order valence-electron chi connectivity index (χ4n) is 9.48. The lowest BCUT2D eigenvalue weighted by Crippen LogP contribution is -2.72. The summed E-state index contributed by atoms with van der Waals surface area (Å²) in [4.78, 5) is 24.5. The van der Waals surface area contributed by atoms with Gasteiger partial charge in [0.05, 0.1) is 24.9 Å². The summed E-state index contributed by atoms with van der Waals surface area (Å²) < 4.78 is 17.6. The number of hydrogen-bond acceptors (Lipinski definition) is 8. The van der Waals surface area contributed by atoms with Crippen molar-refractivity contribution < 1.29 is 39.1 Å². The van der Waals surface area contributed by atoms with Crippen LogP contribution < -0.4 is 0 Å². The van der Waals surface area contributed by atoms with Crippen molar-refractivity contribution >= 4 is 11.8 Å². The predicted molar refractivity (Wildman–Crippen MR) is 134 cm³/mol. The Morgan fingerprint density at radius 2 is 1.65 bits per heavy atom. The molecule has 1 aliphatic heterocycles. The summed E-state index contributed by atoms with van der Waals surface area (Å²) in [6.45, 7) is 12.3. The summed E-state index contributed by atoms with van der Waals surface area (Å²) >= 11 is 0. The van der Waals surface area contributed by atoms with Gasteiger partial charge in [0.2, 0.25) is 5.78 Å². The van der Waals surface area contributed by atoms with E-state index >= 15 is 0 Å². The number of carbonyl (C=O) groups is 2. The van der Waals surface area contributed by atoms with Gasteiger partial charge in [-0.05, 0) is 55.8 Å². The summed E-state index contributed by atoms with van der Waals surface area (Å²) in [6.07, 6.45) is 2.87. The zero-order valence-corrected chi connectivity index (χ0v) is 23.3. The Kier molecular flexibility index (Phi) is 6.30. The second kappa shape index (κ2) is 8.47. The molecule has 0 amide bonds. The molecule has 37 heavy (non-hydrogen) atoms. The van der Waals surface area contributed by atoms with Gasteiger partial charge in [0.25, 0.3) is 0 Å². The van der Waals surface area contributed by atoms with Gasteiger partial charge >= 0.3 is 5.97 Å². The number of esters is 1. The highest BCUT2D eigenvalue weighted by molar-refractivity contribution is 5.91. The van der Waals surface area contributed by atoms with E-state index in [4.69, 9.17) is 14.2 Å². The molecule has 8 heteroatoms. The van der Waals surface area contributed by atoms with Crippen molar-refractivity contribution in [3.05, 3.63) is 0 Å². The first-order valence-corrected chi connectivity index (χ1v) is 14.1. The van der Waals surface area contributed by atoms with E-state index in [2.05, 4.69) is 27.7 Å². The van der Waals surface area contributed by atoms with Crippen LogP contribution in [0.3, 0.4) is 0 Å². The van der Waals surface area contributed by atoms with E-state index in [0.717, 1.165) is 0 Å². The molecule has 210 valence electrons. The molecule has 0 aromatic heterocycles. The van der Waals surface area contributed by atoms with E-state index in [9.17, 15) is 24.9 Å². The molecule has 0 unspecified atom stereocenters. The molecule has 1 spiro atoms. The molecule has 9 atom stereocenters. The van der Waals surface area contributed by atoms with Crippen LogP contribution in [-0.4, -0.2) is 70.0 Å². The van der Waals surface area contributed by atoms with E-state index in [1.165, 1.54) is 6.92 Å². The number of Topliss-reactive ketones (excluding diaryl/α,β-unsaturated/α-hetero) is 1. The zero-order chi connectivity index (χ0) is 27.2. The van der Waals surface area contributed by atoms with Gasteiger partial charge in [-0.1, -0.05) is 34.6 Å². The van der Waals surface area contributed by atoms with Crippen LogP contribution in [0, 0.1) is 39.9 Å². The van der Waals surface area contributed by atoms with Crippen molar-refractivity contribution in [2.45, 2.75) is 110 Å². The Morgan fingerprint density at radius 3 is 2.27 bits per heavy atom. The lowest BCUT2D eigenvalue weighted by atomic mass is 9.40. The Bertz CT molecular complexity index is 954. The Balaban J connectivity index is 1.44. The highest BCUT2D eigenvalue weighted by Gasteiger charge is 2.73. The molecular weight excluding hydrogens is 476 g/mol. The van der Waals surface area contributed by atoms with Gasteiger partial charge in [-0.15, -0.1) is 0 Å². The smallest absolute Gasteiger partial charge is 0.303 e. The number of hydrogen-bond donors (Lipinski definition) is 3. The SMILES string of the molecule is CC(=O)OCC(=O)[C@@]1(O)CC[C@H]2[C@@H]3C[C@H](C)[C@@]4(O)CC5(CC[C@]4(C)[C@H]3[C@@H](O)C[C@@]21C)OCC(C)(C)CO5. The van der Waals surface area contributed by atoms with Crippen LogP contribution in [-0.2, 0) is 23.8 Å². The molecule has 5 rings (SSSR count). The number of aliphatic hydroxyl groups is 3. The largest absolute Gasteiger partial charge is 0.458 e. The van der Waals surface area contributed by atoms with Crippen molar-refractivity contribution in [1.82, 2.24) is 0 Å². The second-order valence-electron chi connectivity index (χ2n) is 14.4. The first-order valence-electron chi connectivity index (χ1n) is 14.1. The molecule has 4 aliphatic carbocycles. The van der Waals surface area contributed by atoms with Crippen molar-refractivity contribution in [1.29, 1.82) is 0 Å². The van der Waals surface area contributed by atoms with E-state index in [0.29, 0.717) is 51.7 Å². The van der Waals surface area contributed by atoms with Crippen LogP contribution in [0.1, 0.15) is 86.5 Å². The molecule has 1 heterocycles. The van der Waals surface area contributed by atoms with Gasteiger partial charge in [-0.25, -0.2) is 0 Å². The van der Waals surface area contributed by atoms with Crippen LogP contribution in [0.15, 0.2) is 0 Å². The Labute approximate surface area is 220 Å². The summed E-state index contributed by atoms with van der Waals surface area (Å²) in [5, 5.41) is 35.9. The molecule has 0 aromatic carbocycles. The van der Waals surface area contributed by atoms with Gasteiger partial charge in [-0.3, -0.25) is 9.59 Å². The van der Waals surface area contributed by atoms with Crippen LogP contribution in [0.5, 0.6) is 0 Å². The summed E-state index contributed by atoms with van der Waals surface area (Å²) in [5.74, 6) is -1.98. The van der Waals surface area contributed by atoms with Gasteiger partial charge in [-0.2, -0.15) is 0 Å². The number of carbonyl (C=O) groups excluding carboxylic acids is 2. The molecule has 5 aliphatic rings. The molecule has 0 radical (unpaired) electrons. The van der Waals surface area contributed by atoms with Gasteiger partial charge in [0.15, 0.2) is 12.4 Å². The quantitative estimate of drug-likeness (QED) is 0.484. The maximum absolute atomic E-state index is 13.1. The minimum atomic E-state index is -1.65. The first kappa shape index (κ1) is 27.5. The van der Waals surface area contributed by atoms with Crippen molar-refractivity contribution in [2.24, 2.45) is 39.9 Å². The molecule has 0 bridgehead atoms. The molecule has 4 saturated carbocycles. The minimum Gasteiger partial charge on any atom is -0.458 e. The van der Waals surface area contributed by atoms with E-state index in [1.54, 1.807) is 0 Å². The highest BCUT2D eigenvalue weighted by Crippen LogP contribution is 2.71. The van der Waals surface area contributed by atoms with Crippen molar-refractivity contribution in [3.63, 3.8) is 0 Å².